The fraction of sp³-hybridized carbons (Fsp3) is 0.542. The Kier molecular flexibility index (Phi) is 10.7. The van der Waals surface area contributed by atoms with Gasteiger partial charge in [0.05, 0.1) is 13.2 Å². The van der Waals surface area contributed by atoms with E-state index in [9.17, 15) is 18.5 Å². The van der Waals surface area contributed by atoms with E-state index in [1.165, 1.54) is 40.4 Å². The van der Waals surface area contributed by atoms with Crippen LogP contribution in [0, 0.1) is 5.41 Å². The number of hydrogen-bond acceptors (Lipinski definition) is 10. The Morgan fingerprint density at radius 1 is 1.24 bits per heavy atom. The maximum absolute atomic E-state index is 14.8. The zero-order valence-corrected chi connectivity index (χ0v) is 23.6. The summed E-state index contributed by atoms with van der Waals surface area (Å²) in [5.41, 5.74) is 4.49. The Morgan fingerprint density at radius 3 is 2.65 bits per heavy atom. The SMILES string of the molecule is CC(C)(C)C(=O)SCCCCOP(=O)(OC[C@@H]1C[C@H](F)[C@H](n2ccc(N)nc2=O)S1)Oc1ccccc1. The summed E-state index contributed by atoms with van der Waals surface area (Å²) in [6.45, 7) is 5.63. The van der Waals surface area contributed by atoms with E-state index in [4.69, 9.17) is 19.3 Å². The summed E-state index contributed by atoms with van der Waals surface area (Å²) in [5, 5.41) is -1.07. The molecule has 1 saturated heterocycles. The molecule has 204 valence electrons. The molecule has 0 amide bonds. The molecule has 1 aromatic carbocycles. The lowest BCUT2D eigenvalue weighted by Crippen LogP contribution is -2.28. The van der Waals surface area contributed by atoms with Gasteiger partial charge >= 0.3 is 13.5 Å². The second-order valence-corrected chi connectivity index (χ2v) is 13.6. The number of halogens is 1. The number of thioether (sulfide) groups is 2. The zero-order valence-electron chi connectivity index (χ0n) is 21.1. The predicted molar refractivity (Wildman–Crippen MR) is 146 cm³/mol. The predicted octanol–water partition coefficient (Wildman–Crippen LogP) is 5.47. The highest BCUT2D eigenvalue weighted by Gasteiger charge is 2.39. The molecule has 2 heterocycles. The van der Waals surface area contributed by atoms with E-state index in [-0.39, 0.29) is 35.8 Å². The Labute approximate surface area is 224 Å². The highest BCUT2D eigenvalue weighted by atomic mass is 32.2. The van der Waals surface area contributed by atoms with Crippen LogP contribution in [0.3, 0.4) is 0 Å². The maximum Gasteiger partial charge on any atom is 0.530 e. The van der Waals surface area contributed by atoms with Gasteiger partial charge in [-0.15, -0.1) is 11.8 Å². The summed E-state index contributed by atoms with van der Waals surface area (Å²) in [6.07, 6.45) is 1.42. The van der Waals surface area contributed by atoms with E-state index in [1.54, 1.807) is 30.3 Å². The van der Waals surface area contributed by atoms with Crippen molar-refractivity contribution in [2.75, 3.05) is 24.7 Å². The lowest BCUT2D eigenvalue weighted by Gasteiger charge is -2.20. The van der Waals surface area contributed by atoms with Crippen LogP contribution in [0.1, 0.15) is 45.4 Å². The Bertz CT molecular complexity index is 1150. The number of rotatable bonds is 12. The number of aromatic nitrogens is 2. The third kappa shape index (κ3) is 9.14. The van der Waals surface area contributed by atoms with E-state index >= 15 is 0 Å². The molecule has 0 bridgehead atoms. The van der Waals surface area contributed by atoms with Crippen LogP contribution in [0.5, 0.6) is 5.75 Å². The van der Waals surface area contributed by atoms with Gasteiger partial charge in [-0.2, -0.15) is 4.98 Å². The number of alkyl halides is 1. The fourth-order valence-corrected chi connectivity index (χ4v) is 7.06. The molecule has 0 spiro atoms. The Hall–Kier alpha value is -1.85. The number of nitrogen functional groups attached to an aromatic ring is 1. The number of anilines is 1. The van der Waals surface area contributed by atoms with E-state index in [0.29, 0.717) is 24.3 Å². The molecule has 2 aromatic rings. The maximum atomic E-state index is 14.8. The zero-order chi connectivity index (χ0) is 27.1. The minimum absolute atomic E-state index is 0.0649. The number of phosphoric acid groups is 1. The van der Waals surface area contributed by atoms with Gasteiger partial charge < -0.3 is 10.3 Å². The molecule has 13 heteroatoms. The second-order valence-electron chi connectivity index (χ2n) is 9.52. The van der Waals surface area contributed by atoms with Gasteiger partial charge in [0.15, 0.2) is 5.12 Å². The lowest BCUT2D eigenvalue weighted by molar-refractivity contribution is -0.117. The van der Waals surface area contributed by atoms with Crippen LogP contribution in [0.25, 0.3) is 0 Å². The Morgan fingerprint density at radius 2 is 1.97 bits per heavy atom. The highest BCUT2D eigenvalue weighted by molar-refractivity contribution is 8.13. The van der Waals surface area contributed by atoms with Crippen LogP contribution in [0.4, 0.5) is 10.2 Å². The average molecular weight is 574 g/mol. The van der Waals surface area contributed by atoms with Crippen LogP contribution >= 0.6 is 31.3 Å². The molecule has 1 aliphatic rings. The monoisotopic (exact) mass is 573 g/mol. The van der Waals surface area contributed by atoms with Crippen LogP contribution in [-0.2, 0) is 18.4 Å². The summed E-state index contributed by atoms with van der Waals surface area (Å²) < 4.78 is 46.2. The van der Waals surface area contributed by atoms with Crippen molar-refractivity contribution < 1.29 is 27.3 Å². The molecule has 37 heavy (non-hydrogen) atoms. The molecule has 4 atom stereocenters. The number of phosphoric ester groups is 1. The second kappa shape index (κ2) is 13.3. The largest absolute Gasteiger partial charge is 0.530 e. The molecular weight excluding hydrogens is 540 g/mol. The summed E-state index contributed by atoms with van der Waals surface area (Å²) >= 11 is 2.46. The third-order valence-corrected chi connectivity index (χ3v) is 9.55. The molecule has 1 aromatic heterocycles. The van der Waals surface area contributed by atoms with Crippen molar-refractivity contribution in [3.63, 3.8) is 0 Å². The number of carbonyl (C=O) groups excluding carboxylic acids is 1. The van der Waals surface area contributed by atoms with E-state index < -0.39 is 30.5 Å². The van der Waals surface area contributed by atoms with E-state index in [2.05, 4.69) is 4.98 Å². The molecule has 9 nitrogen and oxygen atoms in total. The average Bonchev–Trinajstić information content (AvgIpc) is 3.20. The number of hydrogen-bond donors (Lipinski definition) is 1. The number of nitrogens with two attached hydrogens (primary N) is 1. The summed E-state index contributed by atoms with van der Waals surface area (Å²) in [7, 11) is -4.02. The van der Waals surface area contributed by atoms with Crippen molar-refractivity contribution in [3.05, 3.63) is 53.1 Å². The fourth-order valence-electron chi connectivity index (χ4n) is 3.31. The quantitative estimate of drug-likeness (QED) is 0.258. The van der Waals surface area contributed by atoms with Gasteiger partial charge in [-0.1, -0.05) is 50.7 Å². The molecule has 0 radical (unpaired) electrons. The van der Waals surface area contributed by atoms with Gasteiger partial charge in [-0.05, 0) is 37.5 Å². The smallest absolute Gasteiger partial charge is 0.404 e. The molecule has 0 saturated carbocycles. The molecule has 2 N–H and O–H groups in total. The number of unbranched alkanes of at least 4 members (excludes halogenated alkanes) is 1. The minimum Gasteiger partial charge on any atom is -0.404 e. The third-order valence-electron chi connectivity index (χ3n) is 5.27. The summed E-state index contributed by atoms with van der Waals surface area (Å²) in [6, 6.07) is 9.95. The van der Waals surface area contributed by atoms with Crippen molar-refractivity contribution >= 4 is 42.3 Å². The van der Waals surface area contributed by atoms with E-state index in [0.717, 1.165) is 0 Å². The van der Waals surface area contributed by atoms with Crippen molar-refractivity contribution in [1.29, 1.82) is 0 Å². The van der Waals surface area contributed by atoms with Gasteiger partial charge in [0.1, 0.15) is 23.1 Å². The van der Waals surface area contributed by atoms with Crippen LogP contribution in [-0.4, -0.2) is 45.1 Å². The van der Waals surface area contributed by atoms with Crippen LogP contribution in [0.15, 0.2) is 47.4 Å². The number of nitrogens with zero attached hydrogens (tertiary/aromatic N) is 2. The van der Waals surface area contributed by atoms with Crippen LogP contribution in [0.2, 0.25) is 0 Å². The van der Waals surface area contributed by atoms with Crippen molar-refractivity contribution in [2.24, 2.45) is 5.41 Å². The first-order valence-corrected chi connectivity index (χ1v) is 15.3. The Balaban J connectivity index is 1.55. The number of benzene rings is 1. The first-order chi connectivity index (χ1) is 17.5. The van der Waals surface area contributed by atoms with Gasteiger partial charge in [0, 0.05) is 22.6 Å². The van der Waals surface area contributed by atoms with Gasteiger partial charge in [-0.25, -0.2) is 13.8 Å². The first-order valence-electron chi connectivity index (χ1n) is 11.9. The van der Waals surface area contributed by atoms with Gasteiger partial charge in [-0.3, -0.25) is 18.4 Å². The molecular formula is C24H33FN3O6PS2. The van der Waals surface area contributed by atoms with E-state index in [1.807, 2.05) is 20.8 Å². The first kappa shape index (κ1) is 29.7. The summed E-state index contributed by atoms with van der Waals surface area (Å²) in [4.78, 5) is 27.8. The topological polar surface area (TPSA) is 123 Å². The lowest BCUT2D eigenvalue weighted by atomic mass is 10.00. The highest BCUT2D eigenvalue weighted by Crippen LogP contribution is 2.52. The summed E-state index contributed by atoms with van der Waals surface area (Å²) in [5.74, 6) is 1.01. The van der Waals surface area contributed by atoms with Crippen molar-refractivity contribution in [3.8, 4) is 5.75 Å². The van der Waals surface area contributed by atoms with Gasteiger partial charge in [0.25, 0.3) is 0 Å². The molecule has 1 fully saturated rings. The van der Waals surface area contributed by atoms with Gasteiger partial charge in [0.2, 0.25) is 0 Å². The molecule has 1 unspecified atom stereocenters. The van der Waals surface area contributed by atoms with Crippen molar-refractivity contribution in [2.45, 2.75) is 56.8 Å². The minimum atomic E-state index is -4.02. The molecule has 1 aliphatic heterocycles. The number of carbonyl (C=O) groups is 1. The van der Waals surface area contributed by atoms with Crippen molar-refractivity contribution in [1.82, 2.24) is 9.55 Å². The molecule has 3 rings (SSSR count). The number of para-hydroxylation sites is 1. The van der Waals surface area contributed by atoms with Crippen LogP contribution < -0.4 is 15.9 Å². The normalized spacial score (nSPS) is 21.5. The molecule has 0 aliphatic carbocycles. The standard InChI is InChI=1S/C24H33FN3O6PS2/c1-24(2,3)22(29)36-14-8-7-13-32-35(31,34-17-9-5-4-6-10-17)33-16-18-15-19(25)21(37-18)28-12-11-20(26)27-23(28)30/h4-6,9-12,18-19,21H,7-8,13-16H2,1-3H3,(H2,26,27,30)/t18-,19-,21+,35?/m0/s1.